The third-order valence-electron chi connectivity index (χ3n) is 5.59. The molecule has 5 rings (SSSR count). The van der Waals surface area contributed by atoms with Crippen LogP contribution in [0.5, 0.6) is 5.75 Å². The number of ether oxygens (including phenoxy) is 1. The van der Waals surface area contributed by atoms with Crippen molar-refractivity contribution in [2.45, 2.75) is 13.3 Å². The van der Waals surface area contributed by atoms with Crippen LogP contribution in [0.4, 0.5) is 0 Å². The van der Waals surface area contributed by atoms with E-state index in [1.165, 1.54) is 0 Å². The second-order valence-electron chi connectivity index (χ2n) is 7.38. The maximum Gasteiger partial charge on any atom is 0.340 e. The Kier molecular flexibility index (Phi) is 4.40. The van der Waals surface area contributed by atoms with Crippen LogP contribution in [-0.4, -0.2) is 7.11 Å². The highest BCUT2D eigenvalue weighted by Gasteiger charge is 2.16. The van der Waals surface area contributed by atoms with Gasteiger partial charge in [-0.3, -0.25) is 0 Å². The first-order chi connectivity index (χ1) is 14.6. The first-order valence-electron chi connectivity index (χ1n) is 9.80. The van der Waals surface area contributed by atoms with Gasteiger partial charge < -0.3 is 13.6 Å². The van der Waals surface area contributed by atoms with Gasteiger partial charge in [-0.15, -0.1) is 0 Å². The van der Waals surface area contributed by atoms with Gasteiger partial charge in [-0.1, -0.05) is 42.5 Å². The number of fused-ring (bicyclic) bond motifs is 2. The van der Waals surface area contributed by atoms with Crippen LogP contribution >= 0.6 is 0 Å². The lowest BCUT2D eigenvalue weighted by atomic mass is 9.97. The average molecular weight is 396 g/mol. The number of furan rings is 1. The molecule has 2 heterocycles. The van der Waals surface area contributed by atoms with Crippen LogP contribution in [0.1, 0.15) is 16.7 Å². The third kappa shape index (κ3) is 3.07. The second-order valence-corrected chi connectivity index (χ2v) is 7.38. The van der Waals surface area contributed by atoms with E-state index < -0.39 is 0 Å². The summed E-state index contributed by atoms with van der Waals surface area (Å²) in [5, 5.41) is 1.89. The highest BCUT2D eigenvalue weighted by Crippen LogP contribution is 2.35. The lowest BCUT2D eigenvalue weighted by Crippen LogP contribution is -2.10. The van der Waals surface area contributed by atoms with E-state index in [0.29, 0.717) is 23.2 Å². The van der Waals surface area contributed by atoms with Crippen molar-refractivity contribution in [3.63, 3.8) is 0 Å². The first-order valence-corrected chi connectivity index (χ1v) is 9.80. The molecule has 0 aliphatic rings. The van der Waals surface area contributed by atoms with Gasteiger partial charge in [-0.2, -0.15) is 0 Å². The van der Waals surface area contributed by atoms with Gasteiger partial charge in [-0.25, -0.2) is 4.79 Å². The Hall–Kier alpha value is -3.79. The summed E-state index contributed by atoms with van der Waals surface area (Å²) in [4.78, 5) is 12.7. The van der Waals surface area contributed by atoms with Gasteiger partial charge in [0, 0.05) is 34.4 Å². The molecule has 4 heteroatoms. The summed E-state index contributed by atoms with van der Waals surface area (Å²) in [6, 6.07) is 21.7. The first kappa shape index (κ1) is 18.3. The Morgan fingerprint density at radius 2 is 1.73 bits per heavy atom. The Morgan fingerprint density at radius 3 is 2.53 bits per heavy atom. The van der Waals surface area contributed by atoms with Crippen molar-refractivity contribution >= 4 is 21.9 Å². The van der Waals surface area contributed by atoms with Crippen LogP contribution in [0.3, 0.4) is 0 Å². The molecule has 4 nitrogen and oxygen atoms in total. The third-order valence-corrected chi connectivity index (χ3v) is 5.59. The molecule has 30 heavy (non-hydrogen) atoms. The molecule has 0 bridgehead atoms. The maximum atomic E-state index is 12.7. The molecule has 148 valence electrons. The van der Waals surface area contributed by atoms with Crippen LogP contribution in [0.2, 0.25) is 0 Å². The standard InChI is InChI=1S/C26H20O4/c1-16-20-13-22-23(18-9-6-10-19(12-18)28-2)15-29-24(22)14-25(20)30-26(27)21(16)11-17-7-4-3-5-8-17/h3-10,12-15H,11H2,1-2H3. The van der Waals surface area contributed by atoms with Gasteiger partial charge in [0.05, 0.1) is 13.4 Å². The van der Waals surface area contributed by atoms with Gasteiger partial charge in [0.2, 0.25) is 0 Å². The van der Waals surface area contributed by atoms with Crippen LogP contribution in [0, 0.1) is 6.92 Å². The second kappa shape index (κ2) is 7.23. The lowest BCUT2D eigenvalue weighted by Gasteiger charge is -2.09. The summed E-state index contributed by atoms with van der Waals surface area (Å²) >= 11 is 0. The van der Waals surface area contributed by atoms with Gasteiger partial charge in [-0.05, 0) is 41.8 Å². The van der Waals surface area contributed by atoms with Crippen LogP contribution < -0.4 is 10.4 Å². The topological polar surface area (TPSA) is 52.6 Å². The molecule has 0 aliphatic heterocycles. The molecule has 0 saturated carbocycles. The average Bonchev–Trinajstić information content (AvgIpc) is 3.19. The summed E-state index contributed by atoms with van der Waals surface area (Å²) in [5.74, 6) is 0.787. The normalized spacial score (nSPS) is 11.3. The van der Waals surface area contributed by atoms with E-state index in [2.05, 4.69) is 6.07 Å². The van der Waals surface area contributed by atoms with Crippen molar-refractivity contribution in [3.05, 3.63) is 100 Å². The zero-order chi connectivity index (χ0) is 20.7. The van der Waals surface area contributed by atoms with Crippen molar-refractivity contribution in [1.29, 1.82) is 0 Å². The van der Waals surface area contributed by atoms with E-state index >= 15 is 0 Å². The number of aryl methyl sites for hydroxylation is 1. The zero-order valence-corrected chi connectivity index (χ0v) is 16.8. The van der Waals surface area contributed by atoms with E-state index in [9.17, 15) is 4.79 Å². The molecule has 0 amide bonds. The molecular weight excluding hydrogens is 376 g/mol. The highest BCUT2D eigenvalue weighted by molar-refractivity contribution is 6.02. The number of rotatable bonds is 4. The molecule has 0 atom stereocenters. The molecule has 0 radical (unpaired) electrons. The molecule has 0 fully saturated rings. The minimum absolute atomic E-state index is 0.303. The number of benzene rings is 3. The minimum atomic E-state index is -0.303. The fourth-order valence-electron chi connectivity index (χ4n) is 3.93. The Morgan fingerprint density at radius 1 is 0.900 bits per heavy atom. The molecular formula is C26H20O4. The van der Waals surface area contributed by atoms with Crippen molar-refractivity contribution < 1.29 is 13.6 Å². The molecule has 2 aromatic heterocycles. The summed E-state index contributed by atoms with van der Waals surface area (Å²) in [5.41, 5.74) is 5.58. The van der Waals surface area contributed by atoms with Gasteiger partial charge in [0.1, 0.15) is 16.9 Å². The number of hydrogen-bond acceptors (Lipinski definition) is 4. The largest absolute Gasteiger partial charge is 0.497 e. The maximum absolute atomic E-state index is 12.7. The monoisotopic (exact) mass is 396 g/mol. The van der Waals surface area contributed by atoms with E-state index in [1.54, 1.807) is 19.4 Å². The van der Waals surface area contributed by atoms with Crippen molar-refractivity contribution in [1.82, 2.24) is 0 Å². The summed E-state index contributed by atoms with van der Waals surface area (Å²) < 4.78 is 16.8. The smallest absolute Gasteiger partial charge is 0.340 e. The number of hydrogen-bond donors (Lipinski definition) is 0. The minimum Gasteiger partial charge on any atom is -0.497 e. The number of methoxy groups -OCH3 is 1. The molecule has 0 spiro atoms. The highest BCUT2D eigenvalue weighted by atomic mass is 16.5. The van der Waals surface area contributed by atoms with Gasteiger partial charge >= 0.3 is 5.63 Å². The van der Waals surface area contributed by atoms with Crippen LogP contribution in [0.15, 0.2) is 86.6 Å². The van der Waals surface area contributed by atoms with Crippen molar-refractivity contribution in [2.75, 3.05) is 7.11 Å². The molecule has 3 aromatic carbocycles. The molecule has 0 N–H and O–H groups in total. The SMILES string of the molecule is COc1cccc(-c2coc3cc4oc(=O)c(Cc5ccccc5)c(C)c4cc23)c1. The fraction of sp³-hybridized carbons (Fsp3) is 0.115. The van der Waals surface area contributed by atoms with E-state index in [4.69, 9.17) is 13.6 Å². The Labute approximate surface area is 173 Å². The van der Waals surface area contributed by atoms with Gasteiger partial charge in [0.25, 0.3) is 0 Å². The van der Waals surface area contributed by atoms with E-state index in [1.807, 2.05) is 61.5 Å². The lowest BCUT2D eigenvalue weighted by molar-refractivity contribution is 0.415. The summed E-state index contributed by atoms with van der Waals surface area (Å²) in [6.45, 7) is 1.98. The van der Waals surface area contributed by atoms with Crippen molar-refractivity contribution in [3.8, 4) is 16.9 Å². The summed E-state index contributed by atoms with van der Waals surface area (Å²) in [6.07, 6.45) is 2.27. The quantitative estimate of drug-likeness (QED) is 0.344. The predicted octanol–water partition coefficient (Wildman–Crippen LogP) is 6.11. The summed E-state index contributed by atoms with van der Waals surface area (Å²) in [7, 11) is 1.65. The molecule has 0 unspecified atom stereocenters. The molecule has 0 saturated heterocycles. The predicted molar refractivity (Wildman–Crippen MR) is 118 cm³/mol. The molecule has 0 aliphatic carbocycles. The van der Waals surface area contributed by atoms with Crippen LogP contribution in [-0.2, 0) is 6.42 Å². The van der Waals surface area contributed by atoms with Gasteiger partial charge in [0.15, 0.2) is 0 Å². The zero-order valence-electron chi connectivity index (χ0n) is 16.8. The molecule has 5 aromatic rings. The van der Waals surface area contributed by atoms with E-state index in [0.717, 1.165) is 38.8 Å². The van der Waals surface area contributed by atoms with E-state index in [-0.39, 0.29) is 5.63 Å². The van der Waals surface area contributed by atoms with Crippen LogP contribution in [0.25, 0.3) is 33.1 Å². The fourth-order valence-corrected chi connectivity index (χ4v) is 3.93. The van der Waals surface area contributed by atoms with Crippen molar-refractivity contribution in [2.24, 2.45) is 0 Å². The Bertz CT molecular complexity index is 1420. The Balaban J connectivity index is 1.70.